The van der Waals surface area contributed by atoms with Crippen molar-refractivity contribution < 1.29 is 14.4 Å². The number of nitrogens with zero attached hydrogens (tertiary/aromatic N) is 1. The minimum atomic E-state index is -0.693. The normalized spacial score (nSPS) is 23.6. The smallest absolute Gasteiger partial charge is 0.325 e. The molecule has 3 fully saturated rings. The fraction of sp³-hybridized carbons (Fsp3) is 0.800. The Morgan fingerprint density at radius 3 is 2.61 bits per heavy atom. The third-order valence-electron chi connectivity index (χ3n) is 5.03. The van der Waals surface area contributed by atoms with Crippen LogP contribution in [0.3, 0.4) is 0 Å². The number of rotatable bonds is 6. The summed E-state index contributed by atoms with van der Waals surface area (Å²) < 4.78 is 0. The Bertz CT molecular complexity index is 489. The Balaban J connectivity index is 0.00000192. The Hall–Kier alpha value is -1.34. The van der Waals surface area contributed by atoms with Gasteiger partial charge in [-0.15, -0.1) is 12.4 Å². The second-order valence-corrected chi connectivity index (χ2v) is 6.73. The number of hydrogen-bond donors (Lipinski definition) is 3. The quantitative estimate of drug-likeness (QED) is 0.611. The summed E-state index contributed by atoms with van der Waals surface area (Å²) >= 11 is 0. The fourth-order valence-corrected chi connectivity index (χ4v) is 3.42. The number of amides is 4. The van der Waals surface area contributed by atoms with E-state index in [0.29, 0.717) is 25.3 Å². The van der Waals surface area contributed by atoms with Gasteiger partial charge in [0.05, 0.1) is 0 Å². The summed E-state index contributed by atoms with van der Waals surface area (Å²) in [5, 5.41) is 5.60. The second kappa shape index (κ2) is 7.05. The minimum Gasteiger partial charge on any atom is -0.354 e. The highest BCUT2D eigenvalue weighted by atomic mass is 35.5. The molecule has 1 aliphatic heterocycles. The van der Waals surface area contributed by atoms with Crippen LogP contribution in [0.5, 0.6) is 0 Å². The number of carbonyl (C=O) groups is 3. The lowest BCUT2D eigenvalue weighted by Crippen LogP contribution is -2.44. The van der Waals surface area contributed by atoms with E-state index in [2.05, 4.69) is 10.6 Å². The highest BCUT2D eigenvalue weighted by molar-refractivity contribution is 6.07. The molecule has 1 saturated heterocycles. The molecule has 2 aliphatic carbocycles. The van der Waals surface area contributed by atoms with Crippen LogP contribution in [-0.4, -0.2) is 47.4 Å². The van der Waals surface area contributed by atoms with Gasteiger partial charge in [-0.05, 0) is 31.6 Å². The van der Waals surface area contributed by atoms with Crippen LogP contribution >= 0.6 is 12.4 Å². The molecule has 0 aromatic carbocycles. The molecule has 8 heteroatoms. The van der Waals surface area contributed by atoms with Gasteiger partial charge in [-0.1, -0.05) is 12.8 Å². The molecule has 2 saturated carbocycles. The zero-order valence-electron chi connectivity index (χ0n) is 13.2. The summed E-state index contributed by atoms with van der Waals surface area (Å²) in [5.41, 5.74) is 5.23. The molecule has 7 nitrogen and oxygen atoms in total. The lowest BCUT2D eigenvalue weighted by atomic mass is 9.98. The van der Waals surface area contributed by atoms with Crippen molar-refractivity contribution >= 4 is 30.3 Å². The lowest BCUT2D eigenvalue weighted by Gasteiger charge is -2.20. The Labute approximate surface area is 142 Å². The predicted octanol–water partition coefficient (Wildman–Crippen LogP) is 0.516. The number of nitrogens with two attached hydrogens (primary N) is 1. The van der Waals surface area contributed by atoms with E-state index < -0.39 is 5.54 Å². The van der Waals surface area contributed by atoms with Gasteiger partial charge in [0.15, 0.2) is 0 Å². The first-order valence-corrected chi connectivity index (χ1v) is 8.18. The molecule has 0 aromatic rings. The van der Waals surface area contributed by atoms with Crippen molar-refractivity contribution in [3.8, 4) is 0 Å². The number of nitrogens with one attached hydrogen (secondary N) is 2. The Kier molecular flexibility index (Phi) is 5.52. The van der Waals surface area contributed by atoms with Gasteiger partial charge < -0.3 is 16.4 Å². The zero-order valence-corrected chi connectivity index (χ0v) is 14.0. The molecule has 1 heterocycles. The molecular formula is C15H25ClN4O3. The SMILES string of the molecule is Cl.NC(CNC(=O)CCN1C(=O)NC2(CCCC2)C1=O)C1CC1. The molecule has 4 amide bonds. The monoisotopic (exact) mass is 344 g/mol. The van der Waals surface area contributed by atoms with Gasteiger partial charge in [0.2, 0.25) is 5.91 Å². The molecule has 130 valence electrons. The van der Waals surface area contributed by atoms with Crippen molar-refractivity contribution in [2.75, 3.05) is 13.1 Å². The van der Waals surface area contributed by atoms with Crippen molar-refractivity contribution in [1.29, 1.82) is 0 Å². The molecule has 1 spiro atoms. The van der Waals surface area contributed by atoms with Crippen molar-refractivity contribution in [3.63, 3.8) is 0 Å². The molecule has 4 N–H and O–H groups in total. The molecule has 3 aliphatic rings. The van der Waals surface area contributed by atoms with Crippen LogP contribution in [0.1, 0.15) is 44.9 Å². The van der Waals surface area contributed by atoms with E-state index in [9.17, 15) is 14.4 Å². The molecule has 0 bridgehead atoms. The molecule has 0 aromatic heterocycles. The molecule has 23 heavy (non-hydrogen) atoms. The van der Waals surface area contributed by atoms with E-state index in [0.717, 1.165) is 25.7 Å². The maximum absolute atomic E-state index is 12.4. The van der Waals surface area contributed by atoms with Gasteiger partial charge >= 0.3 is 6.03 Å². The highest BCUT2D eigenvalue weighted by Gasteiger charge is 2.52. The third kappa shape index (κ3) is 3.77. The van der Waals surface area contributed by atoms with Gasteiger partial charge in [-0.25, -0.2) is 4.79 Å². The summed E-state index contributed by atoms with van der Waals surface area (Å²) in [5.74, 6) is 0.204. The molecule has 1 atom stereocenters. The molecular weight excluding hydrogens is 320 g/mol. The maximum atomic E-state index is 12.4. The van der Waals surface area contributed by atoms with E-state index in [1.165, 1.54) is 4.90 Å². The predicted molar refractivity (Wildman–Crippen MR) is 87.0 cm³/mol. The van der Waals surface area contributed by atoms with Crippen molar-refractivity contribution in [3.05, 3.63) is 0 Å². The number of imide groups is 1. The van der Waals surface area contributed by atoms with Crippen molar-refractivity contribution in [2.24, 2.45) is 11.7 Å². The van der Waals surface area contributed by atoms with Gasteiger partial charge in [0.1, 0.15) is 5.54 Å². The number of carbonyl (C=O) groups excluding carboxylic acids is 3. The fourth-order valence-electron chi connectivity index (χ4n) is 3.42. The molecule has 3 rings (SSSR count). The zero-order chi connectivity index (χ0) is 15.7. The van der Waals surface area contributed by atoms with E-state index in [4.69, 9.17) is 5.73 Å². The average molecular weight is 345 g/mol. The first-order valence-electron chi connectivity index (χ1n) is 8.18. The van der Waals surface area contributed by atoms with Crippen LogP contribution in [0.15, 0.2) is 0 Å². The number of hydrogen-bond acceptors (Lipinski definition) is 4. The summed E-state index contributed by atoms with van der Waals surface area (Å²) in [6, 6.07) is -0.350. The van der Waals surface area contributed by atoms with Crippen LogP contribution in [0.2, 0.25) is 0 Å². The highest BCUT2D eigenvalue weighted by Crippen LogP contribution is 2.35. The Morgan fingerprint density at radius 1 is 1.35 bits per heavy atom. The summed E-state index contributed by atoms with van der Waals surface area (Å²) in [4.78, 5) is 37.4. The maximum Gasteiger partial charge on any atom is 0.325 e. The van der Waals surface area contributed by atoms with Crippen LogP contribution in [0, 0.1) is 5.92 Å². The average Bonchev–Trinajstić information content (AvgIpc) is 3.20. The van der Waals surface area contributed by atoms with Crippen molar-refractivity contribution in [1.82, 2.24) is 15.5 Å². The van der Waals surface area contributed by atoms with Crippen LogP contribution in [-0.2, 0) is 9.59 Å². The summed E-state index contributed by atoms with van der Waals surface area (Å²) in [6.07, 6.45) is 5.74. The van der Waals surface area contributed by atoms with Gasteiger partial charge in [0.25, 0.3) is 5.91 Å². The largest absolute Gasteiger partial charge is 0.354 e. The minimum absolute atomic E-state index is 0. The van der Waals surface area contributed by atoms with E-state index in [1.54, 1.807) is 0 Å². The summed E-state index contributed by atoms with van der Waals surface area (Å²) in [6.45, 7) is 0.602. The van der Waals surface area contributed by atoms with Gasteiger partial charge in [-0.3, -0.25) is 14.5 Å². The van der Waals surface area contributed by atoms with Crippen molar-refractivity contribution in [2.45, 2.75) is 56.5 Å². The Morgan fingerprint density at radius 2 is 2.00 bits per heavy atom. The van der Waals surface area contributed by atoms with Gasteiger partial charge in [0, 0.05) is 25.6 Å². The van der Waals surface area contributed by atoms with Crippen LogP contribution in [0.4, 0.5) is 4.79 Å². The second-order valence-electron chi connectivity index (χ2n) is 6.73. The van der Waals surface area contributed by atoms with Crippen LogP contribution in [0.25, 0.3) is 0 Å². The number of halogens is 1. The van der Waals surface area contributed by atoms with E-state index in [-0.39, 0.29) is 49.3 Å². The number of urea groups is 1. The van der Waals surface area contributed by atoms with E-state index >= 15 is 0 Å². The third-order valence-corrected chi connectivity index (χ3v) is 5.03. The standard InChI is InChI=1S/C15H24N4O3.ClH/c16-11(10-3-4-10)9-17-12(20)5-8-19-13(21)15(18-14(19)22)6-1-2-7-15;/h10-11H,1-9,16H2,(H,17,20)(H,18,22);1H. The first kappa shape index (κ1) is 18.0. The molecule has 0 radical (unpaired) electrons. The van der Waals surface area contributed by atoms with Crippen LogP contribution < -0.4 is 16.4 Å². The molecule has 1 unspecified atom stereocenters. The topological polar surface area (TPSA) is 105 Å². The van der Waals surface area contributed by atoms with Gasteiger partial charge in [-0.2, -0.15) is 0 Å². The summed E-state index contributed by atoms with van der Waals surface area (Å²) in [7, 11) is 0. The lowest BCUT2D eigenvalue weighted by molar-refractivity contribution is -0.131. The van der Waals surface area contributed by atoms with E-state index in [1.807, 2.05) is 0 Å². The first-order chi connectivity index (χ1) is 10.5.